The van der Waals surface area contributed by atoms with Gasteiger partial charge in [-0.15, -0.1) is 0 Å². The van der Waals surface area contributed by atoms with E-state index in [4.69, 9.17) is 0 Å². The first-order valence-corrected chi connectivity index (χ1v) is 8.12. The van der Waals surface area contributed by atoms with Gasteiger partial charge in [-0.05, 0) is 43.3 Å². The summed E-state index contributed by atoms with van der Waals surface area (Å²) in [6.07, 6.45) is 0. The van der Waals surface area contributed by atoms with Crippen molar-refractivity contribution in [3.05, 3.63) is 77.7 Å². The zero-order valence-corrected chi connectivity index (χ0v) is 14.0. The summed E-state index contributed by atoms with van der Waals surface area (Å²) in [7, 11) is 0. The summed E-state index contributed by atoms with van der Waals surface area (Å²) in [5.41, 5.74) is 2.16. The lowest BCUT2D eigenvalue weighted by Gasteiger charge is -2.12. The van der Waals surface area contributed by atoms with Crippen LogP contribution in [0.4, 0.5) is 10.1 Å². The van der Waals surface area contributed by atoms with E-state index < -0.39 is 5.82 Å². The number of phenols is 1. The van der Waals surface area contributed by atoms with E-state index in [1.165, 1.54) is 12.1 Å². The molecule has 0 saturated carbocycles. The van der Waals surface area contributed by atoms with Gasteiger partial charge in [-0.2, -0.15) is 0 Å². The van der Waals surface area contributed by atoms with Crippen LogP contribution in [0.1, 0.15) is 16.1 Å². The van der Waals surface area contributed by atoms with E-state index >= 15 is 0 Å². The van der Waals surface area contributed by atoms with Gasteiger partial charge in [0.15, 0.2) is 0 Å². The Kier molecular flexibility index (Phi) is 3.77. The minimum absolute atomic E-state index is 0.144. The third-order valence-electron chi connectivity index (χ3n) is 4.29. The molecule has 1 heterocycles. The molecule has 1 amide bonds. The van der Waals surface area contributed by atoms with Crippen molar-refractivity contribution in [3.63, 3.8) is 0 Å². The molecule has 0 unspecified atom stereocenters. The standard InChI is InChI=1S/C21H15FN2O2/c1-12-10-17(16-11-13(22)8-9-19(16)23-12)21(26)24-18-6-2-5-15-14(18)4-3-7-20(15)25/h2-11,25H,1H3,(H,24,26). The van der Waals surface area contributed by atoms with Crippen LogP contribution in [0.5, 0.6) is 5.75 Å². The van der Waals surface area contributed by atoms with Crippen molar-refractivity contribution in [1.29, 1.82) is 0 Å². The highest BCUT2D eigenvalue weighted by atomic mass is 19.1. The van der Waals surface area contributed by atoms with Crippen molar-refractivity contribution in [2.45, 2.75) is 6.92 Å². The van der Waals surface area contributed by atoms with Gasteiger partial charge < -0.3 is 10.4 Å². The molecule has 0 radical (unpaired) electrons. The maximum atomic E-state index is 13.7. The van der Waals surface area contributed by atoms with Crippen molar-refractivity contribution < 1.29 is 14.3 Å². The average Bonchev–Trinajstić information content (AvgIpc) is 2.62. The van der Waals surface area contributed by atoms with Gasteiger partial charge in [0.25, 0.3) is 5.91 Å². The van der Waals surface area contributed by atoms with Crippen LogP contribution in [0.3, 0.4) is 0 Å². The van der Waals surface area contributed by atoms with Gasteiger partial charge in [-0.25, -0.2) is 4.39 Å². The van der Waals surface area contributed by atoms with Crippen LogP contribution >= 0.6 is 0 Å². The highest BCUT2D eigenvalue weighted by Crippen LogP contribution is 2.30. The molecule has 0 bridgehead atoms. The Balaban J connectivity index is 1.82. The smallest absolute Gasteiger partial charge is 0.256 e. The Bertz CT molecular complexity index is 1170. The fourth-order valence-corrected chi connectivity index (χ4v) is 3.11. The monoisotopic (exact) mass is 346 g/mol. The number of aryl methyl sites for hydroxylation is 1. The fourth-order valence-electron chi connectivity index (χ4n) is 3.11. The van der Waals surface area contributed by atoms with Gasteiger partial charge >= 0.3 is 0 Å². The number of anilines is 1. The second-order valence-electron chi connectivity index (χ2n) is 6.10. The highest BCUT2D eigenvalue weighted by molar-refractivity contribution is 6.15. The second kappa shape index (κ2) is 6.11. The number of nitrogens with one attached hydrogen (secondary N) is 1. The molecule has 0 spiro atoms. The first-order valence-electron chi connectivity index (χ1n) is 8.12. The third-order valence-corrected chi connectivity index (χ3v) is 4.29. The molecule has 0 saturated heterocycles. The van der Waals surface area contributed by atoms with E-state index in [-0.39, 0.29) is 11.7 Å². The molecule has 0 aliphatic carbocycles. The number of aromatic hydroxyl groups is 1. The molecule has 4 aromatic rings. The topological polar surface area (TPSA) is 62.2 Å². The van der Waals surface area contributed by atoms with Crippen LogP contribution in [0, 0.1) is 12.7 Å². The lowest BCUT2D eigenvalue weighted by Crippen LogP contribution is -2.13. The predicted octanol–water partition coefficient (Wildman–Crippen LogP) is 4.79. The van der Waals surface area contributed by atoms with E-state index in [0.29, 0.717) is 33.2 Å². The number of hydrogen-bond donors (Lipinski definition) is 2. The molecule has 5 heteroatoms. The van der Waals surface area contributed by atoms with Crippen molar-refractivity contribution in [1.82, 2.24) is 4.98 Å². The minimum atomic E-state index is -0.424. The first kappa shape index (κ1) is 16.0. The van der Waals surface area contributed by atoms with Crippen LogP contribution in [0.25, 0.3) is 21.7 Å². The molecule has 0 aliphatic heterocycles. The number of carbonyl (C=O) groups excluding carboxylic acids is 1. The molecule has 4 rings (SSSR count). The lowest BCUT2D eigenvalue weighted by molar-refractivity contribution is 0.102. The van der Waals surface area contributed by atoms with Gasteiger partial charge in [0.05, 0.1) is 11.1 Å². The number of fused-ring (bicyclic) bond motifs is 2. The van der Waals surface area contributed by atoms with Crippen molar-refractivity contribution >= 4 is 33.3 Å². The summed E-state index contributed by atoms with van der Waals surface area (Å²) >= 11 is 0. The molecule has 4 nitrogen and oxygen atoms in total. The highest BCUT2D eigenvalue weighted by Gasteiger charge is 2.14. The predicted molar refractivity (Wildman–Crippen MR) is 100 cm³/mol. The Hall–Kier alpha value is -3.47. The summed E-state index contributed by atoms with van der Waals surface area (Å²) in [5.74, 6) is -0.639. The molecule has 3 aromatic carbocycles. The second-order valence-corrected chi connectivity index (χ2v) is 6.10. The number of rotatable bonds is 2. The first-order chi connectivity index (χ1) is 12.5. The maximum Gasteiger partial charge on any atom is 0.256 e. The fraction of sp³-hybridized carbons (Fsp3) is 0.0476. The number of halogens is 1. The Morgan fingerprint density at radius 1 is 1.00 bits per heavy atom. The van der Waals surface area contributed by atoms with Gasteiger partial charge in [-0.3, -0.25) is 9.78 Å². The maximum absolute atomic E-state index is 13.7. The van der Waals surface area contributed by atoms with Crippen LogP contribution in [-0.2, 0) is 0 Å². The van der Waals surface area contributed by atoms with Gasteiger partial charge in [0.2, 0.25) is 0 Å². The summed E-state index contributed by atoms with van der Waals surface area (Å²) < 4.78 is 13.7. The number of carbonyl (C=O) groups is 1. The molecule has 0 aliphatic rings. The zero-order valence-electron chi connectivity index (χ0n) is 14.0. The normalized spacial score (nSPS) is 11.0. The number of aromatic nitrogens is 1. The quantitative estimate of drug-likeness (QED) is 0.548. The van der Waals surface area contributed by atoms with E-state index in [1.807, 2.05) is 6.07 Å². The van der Waals surface area contributed by atoms with Crippen molar-refractivity contribution in [2.24, 2.45) is 0 Å². The third kappa shape index (κ3) is 2.73. The van der Waals surface area contributed by atoms with Crippen LogP contribution in [0.2, 0.25) is 0 Å². The number of benzene rings is 3. The molecule has 26 heavy (non-hydrogen) atoms. The Morgan fingerprint density at radius 2 is 1.77 bits per heavy atom. The number of phenolic OH excluding ortho intramolecular Hbond substituents is 1. The summed E-state index contributed by atoms with van der Waals surface area (Å²) in [6.45, 7) is 1.79. The molecular formula is C21H15FN2O2. The lowest BCUT2D eigenvalue weighted by atomic mass is 10.1. The van der Waals surface area contributed by atoms with Gasteiger partial charge in [0.1, 0.15) is 11.6 Å². The Labute approximate surface area is 148 Å². The molecule has 2 N–H and O–H groups in total. The van der Waals surface area contributed by atoms with Crippen LogP contribution < -0.4 is 5.32 Å². The zero-order chi connectivity index (χ0) is 18.3. The SMILES string of the molecule is Cc1cc(C(=O)Nc2cccc3c(O)cccc23)c2cc(F)ccc2n1. The number of nitrogens with zero attached hydrogens (tertiary/aromatic N) is 1. The molecule has 0 fully saturated rings. The van der Waals surface area contributed by atoms with E-state index in [9.17, 15) is 14.3 Å². The molecule has 0 atom stereocenters. The van der Waals surface area contributed by atoms with E-state index in [1.54, 1.807) is 49.4 Å². The average molecular weight is 346 g/mol. The molecule has 128 valence electrons. The van der Waals surface area contributed by atoms with Crippen molar-refractivity contribution in [3.8, 4) is 5.75 Å². The molecule has 1 aromatic heterocycles. The summed E-state index contributed by atoms with van der Waals surface area (Å²) in [4.78, 5) is 17.2. The molecular weight excluding hydrogens is 331 g/mol. The summed E-state index contributed by atoms with van der Waals surface area (Å²) in [5, 5.41) is 14.7. The number of amides is 1. The minimum Gasteiger partial charge on any atom is -0.507 e. The van der Waals surface area contributed by atoms with Crippen LogP contribution in [-0.4, -0.2) is 16.0 Å². The van der Waals surface area contributed by atoms with E-state index in [0.717, 1.165) is 5.39 Å². The van der Waals surface area contributed by atoms with Gasteiger partial charge in [0, 0.05) is 27.5 Å². The number of hydrogen-bond acceptors (Lipinski definition) is 3. The van der Waals surface area contributed by atoms with Crippen LogP contribution in [0.15, 0.2) is 60.7 Å². The summed E-state index contributed by atoms with van der Waals surface area (Å²) in [6, 6.07) is 16.3. The Morgan fingerprint density at radius 3 is 2.62 bits per heavy atom. The van der Waals surface area contributed by atoms with E-state index in [2.05, 4.69) is 10.3 Å². The van der Waals surface area contributed by atoms with Crippen molar-refractivity contribution in [2.75, 3.05) is 5.32 Å². The van der Waals surface area contributed by atoms with Gasteiger partial charge in [-0.1, -0.05) is 24.3 Å². The number of pyridine rings is 1. The largest absolute Gasteiger partial charge is 0.507 e.